The number of benzene rings is 2. The van der Waals surface area contributed by atoms with E-state index in [1.807, 2.05) is 13.0 Å². The van der Waals surface area contributed by atoms with Crippen molar-refractivity contribution in [3.05, 3.63) is 65.1 Å². The number of hydrogen-bond acceptors (Lipinski definition) is 7. The van der Waals surface area contributed by atoms with Crippen LogP contribution in [0.1, 0.15) is 30.4 Å². The van der Waals surface area contributed by atoms with Crippen LogP contribution in [0, 0.1) is 12.8 Å². The minimum atomic E-state index is -0.673. The quantitative estimate of drug-likeness (QED) is 0.607. The van der Waals surface area contributed by atoms with Gasteiger partial charge < -0.3 is 14.4 Å². The van der Waals surface area contributed by atoms with Gasteiger partial charge in [0.25, 0.3) is 11.7 Å². The number of aromatic nitrogens is 2. The summed E-state index contributed by atoms with van der Waals surface area (Å²) in [6.07, 6.45) is 1.30. The number of rotatable bonds is 4. The fraction of sp³-hybridized carbons (Fsp3) is 0.280. The molecule has 8 heteroatoms. The number of ketones is 1. The summed E-state index contributed by atoms with van der Waals surface area (Å²) < 4.78 is 10.5. The third kappa shape index (κ3) is 3.29. The van der Waals surface area contributed by atoms with Crippen molar-refractivity contribution < 1.29 is 24.0 Å². The van der Waals surface area contributed by atoms with Crippen molar-refractivity contribution >= 4 is 23.1 Å². The van der Waals surface area contributed by atoms with Crippen LogP contribution < -0.4 is 9.64 Å². The normalized spacial score (nSPS) is 20.0. The summed E-state index contributed by atoms with van der Waals surface area (Å²) in [6.45, 7) is 3.73. The molecule has 2 aromatic carbocycles. The standard InChI is InChI=1S/C25H23N3O5/c1-4-14-11-17-12-16(7-10-19(17)32-3)22(29)20-21(14)28(25(31)23(20)30)18-8-5-15(6-9-18)24-26-13(2)33-27-24/h5-10,12,14,21,29H,4,11H2,1-3H3. The van der Waals surface area contributed by atoms with E-state index in [1.165, 1.54) is 4.90 Å². The fourth-order valence-corrected chi connectivity index (χ4v) is 4.78. The Morgan fingerprint density at radius 1 is 1.15 bits per heavy atom. The number of fused-ring (bicyclic) bond motifs is 3. The monoisotopic (exact) mass is 445 g/mol. The number of anilines is 1. The molecule has 33 heavy (non-hydrogen) atoms. The van der Waals surface area contributed by atoms with Crippen LogP contribution in [0.2, 0.25) is 0 Å². The van der Waals surface area contributed by atoms with E-state index in [9.17, 15) is 14.7 Å². The summed E-state index contributed by atoms with van der Waals surface area (Å²) in [7, 11) is 1.61. The number of amides is 1. The van der Waals surface area contributed by atoms with Gasteiger partial charge in [-0.05, 0) is 60.4 Å². The molecule has 1 amide bonds. The molecule has 0 spiro atoms. The minimum Gasteiger partial charge on any atom is -0.507 e. The Morgan fingerprint density at radius 3 is 2.52 bits per heavy atom. The molecule has 1 aromatic heterocycles. The first-order valence-corrected chi connectivity index (χ1v) is 10.8. The highest BCUT2D eigenvalue weighted by Crippen LogP contribution is 2.42. The van der Waals surface area contributed by atoms with E-state index in [4.69, 9.17) is 9.26 Å². The molecule has 2 aliphatic rings. The zero-order valence-electron chi connectivity index (χ0n) is 18.5. The first-order valence-electron chi connectivity index (χ1n) is 10.8. The number of hydrogen-bond donors (Lipinski definition) is 1. The lowest BCUT2D eigenvalue weighted by Gasteiger charge is -2.33. The van der Waals surface area contributed by atoms with Crippen LogP contribution in [0.4, 0.5) is 5.69 Å². The number of aliphatic hydroxyl groups is 1. The van der Waals surface area contributed by atoms with Crippen LogP contribution in [-0.4, -0.2) is 40.1 Å². The topological polar surface area (TPSA) is 106 Å². The molecule has 168 valence electrons. The number of Topliss-reactive ketones (excluding diaryl/α,β-unsaturated/α-hetero) is 1. The Hall–Kier alpha value is -3.94. The van der Waals surface area contributed by atoms with Gasteiger partial charge in [0.2, 0.25) is 11.7 Å². The molecule has 0 radical (unpaired) electrons. The van der Waals surface area contributed by atoms with Gasteiger partial charge in [-0.25, -0.2) is 0 Å². The Labute approximate surface area is 190 Å². The van der Waals surface area contributed by atoms with E-state index in [1.54, 1.807) is 50.4 Å². The number of methoxy groups -OCH3 is 1. The Kier molecular flexibility index (Phi) is 5.00. The van der Waals surface area contributed by atoms with Crippen LogP contribution in [0.15, 0.2) is 52.6 Å². The number of carbonyl (C=O) groups is 2. The highest BCUT2D eigenvalue weighted by molar-refractivity contribution is 6.51. The largest absolute Gasteiger partial charge is 0.507 e. The molecule has 0 saturated carbocycles. The molecule has 2 bridgehead atoms. The number of ether oxygens (including phenoxy) is 1. The number of carbonyl (C=O) groups excluding carboxylic acids is 2. The predicted octanol–water partition coefficient (Wildman–Crippen LogP) is 3.89. The van der Waals surface area contributed by atoms with Crippen molar-refractivity contribution in [2.45, 2.75) is 32.7 Å². The summed E-state index contributed by atoms with van der Waals surface area (Å²) >= 11 is 0. The van der Waals surface area contributed by atoms with Crippen LogP contribution in [0.25, 0.3) is 17.1 Å². The van der Waals surface area contributed by atoms with Crippen LogP contribution >= 0.6 is 0 Å². The highest BCUT2D eigenvalue weighted by atomic mass is 16.5. The molecule has 2 atom stereocenters. The van der Waals surface area contributed by atoms with Crippen molar-refractivity contribution in [3.8, 4) is 17.1 Å². The van der Waals surface area contributed by atoms with E-state index in [-0.39, 0.29) is 17.3 Å². The van der Waals surface area contributed by atoms with E-state index in [0.717, 1.165) is 16.9 Å². The predicted molar refractivity (Wildman–Crippen MR) is 121 cm³/mol. The molecule has 2 unspecified atom stereocenters. The van der Waals surface area contributed by atoms with Gasteiger partial charge in [-0.2, -0.15) is 4.98 Å². The van der Waals surface area contributed by atoms with Gasteiger partial charge in [0, 0.05) is 23.7 Å². The van der Waals surface area contributed by atoms with Crippen molar-refractivity contribution in [1.82, 2.24) is 10.1 Å². The highest BCUT2D eigenvalue weighted by Gasteiger charge is 2.49. The number of aliphatic hydroxyl groups excluding tert-OH is 1. The molecule has 8 nitrogen and oxygen atoms in total. The van der Waals surface area contributed by atoms with Crippen molar-refractivity contribution in [2.24, 2.45) is 5.92 Å². The van der Waals surface area contributed by atoms with Gasteiger partial charge >= 0.3 is 0 Å². The molecule has 1 N–H and O–H groups in total. The summed E-state index contributed by atoms with van der Waals surface area (Å²) in [5.74, 6) is 0.0552. The van der Waals surface area contributed by atoms with Crippen molar-refractivity contribution in [1.29, 1.82) is 0 Å². The molecule has 1 aliphatic carbocycles. The third-order valence-corrected chi connectivity index (χ3v) is 6.42. The molecule has 2 heterocycles. The number of aryl methyl sites for hydroxylation is 1. The second kappa shape index (κ2) is 7.88. The first kappa shape index (κ1) is 20.9. The SMILES string of the molecule is CCC1Cc2cc(ccc2OC)C(O)=C2C(=O)C(=O)N(c3ccc(-c4noc(C)n4)cc3)C21. The van der Waals surface area contributed by atoms with E-state index < -0.39 is 17.7 Å². The van der Waals surface area contributed by atoms with Gasteiger partial charge in [-0.1, -0.05) is 18.5 Å². The van der Waals surface area contributed by atoms with E-state index >= 15 is 0 Å². The fourth-order valence-electron chi connectivity index (χ4n) is 4.78. The maximum Gasteiger partial charge on any atom is 0.299 e. The lowest BCUT2D eigenvalue weighted by atomic mass is 9.81. The molecule has 1 saturated heterocycles. The smallest absolute Gasteiger partial charge is 0.299 e. The van der Waals surface area contributed by atoms with Crippen LogP contribution in [-0.2, 0) is 16.0 Å². The maximum atomic E-state index is 13.2. The average molecular weight is 445 g/mol. The summed E-state index contributed by atoms with van der Waals surface area (Å²) in [5, 5.41) is 15.0. The molecule has 1 aliphatic heterocycles. The second-order valence-electron chi connectivity index (χ2n) is 8.29. The summed E-state index contributed by atoms with van der Waals surface area (Å²) in [6, 6.07) is 11.8. The maximum absolute atomic E-state index is 13.2. The van der Waals surface area contributed by atoms with Gasteiger partial charge in [0.1, 0.15) is 11.5 Å². The zero-order valence-corrected chi connectivity index (χ0v) is 18.5. The van der Waals surface area contributed by atoms with E-state index in [0.29, 0.717) is 35.8 Å². The van der Waals surface area contributed by atoms with Crippen molar-refractivity contribution in [3.63, 3.8) is 0 Å². The molecule has 3 aromatic rings. The average Bonchev–Trinajstić information content (AvgIpc) is 3.37. The number of nitrogens with zero attached hydrogens (tertiary/aromatic N) is 3. The molecular formula is C25H23N3O5. The van der Waals surface area contributed by atoms with Crippen LogP contribution in [0.5, 0.6) is 5.75 Å². The zero-order chi connectivity index (χ0) is 23.3. The lowest BCUT2D eigenvalue weighted by Crippen LogP contribution is -2.40. The molecular weight excluding hydrogens is 422 g/mol. The summed E-state index contributed by atoms with van der Waals surface area (Å²) in [5.41, 5.74) is 2.89. The molecule has 1 fully saturated rings. The minimum absolute atomic E-state index is 0.0958. The Morgan fingerprint density at radius 2 is 1.88 bits per heavy atom. The summed E-state index contributed by atoms with van der Waals surface area (Å²) in [4.78, 5) is 32.0. The van der Waals surface area contributed by atoms with Crippen molar-refractivity contribution in [2.75, 3.05) is 12.0 Å². The lowest BCUT2D eigenvalue weighted by molar-refractivity contribution is -0.132. The van der Waals surface area contributed by atoms with E-state index in [2.05, 4.69) is 10.1 Å². The molecule has 5 rings (SSSR count). The Bertz CT molecular complexity index is 1290. The van der Waals surface area contributed by atoms with Gasteiger partial charge in [0.05, 0.1) is 18.7 Å². The first-order chi connectivity index (χ1) is 15.9. The Balaban J connectivity index is 1.61. The second-order valence-corrected chi connectivity index (χ2v) is 8.29. The van der Waals surface area contributed by atoms with Gasteiger partial charge in [-0.3, -0.25) is 14.5 Å². The third-order valence-electron chi connectivity index (χ3n) is 6.42. The van der Waals surface area contributed by atoms with Gasteiger partial charge in [0.15, 0.2) is 0 Å². The van der Waals surface area contributed by atoms with Crippen LogP contribution in [0.3, 0.4) is 0 Å². The van der Waals surface area contributed by atoms with Gasteiger partial charge in [-0.15, -0.1) is 0 Å².